The minimum Gasteiger partial charge on any atom is -0.301 e. The third-order valence-electron chi connectivity index (χ3n) is 3.94. The summed E-state index contributed by atoms with van der Waals surface area (Å²) in [6.07, 6.45) is 2.33. The summed E-state index contributed by atoms with van der Waals surface area (Å²) in [6.45, 7) is 0. The van der Waals surface area contributed by atoms with Crippen LogP contribution >= 0.6 is 34.7 Å². The van der Waals surface area contributed by atoms with Crippen molar-refractivity contribution in [3.05, 3.63) is 76.0 Å². The number of carbonyl (C=O) groups excluding carboxylic acids is 1. The average Bonchev–Trinajstić information content (AvgIpc) is 3.38. The van der Waals surface area contributed by atoms with Gasteiger partial charge in [-0.05, 0) is 52.4 Å². The maximum absolute atomic E-state index is 13.0. The minimum atomic E-state index is -0.268. The van der Waals surface area contributed by atoms with Crippen molar-refractivity contribution in [3.8, 4) is 5.69 Å². The summed E-state index contributed by atoms with van der Waals surface area (Å²) in [5, 5.41) is 16.0. The van der Waals surface area contributed by atoms with Gasteiger partial charge in [-0.1, -0.05) is 35.5 Å². The molecule has 0 aliphatic carbocycles. The third-order valence-corrected chi connectivity index (χ3v) is 6.02. The molecule has 152 valence electrons. The van der Waals surface area contributed by atoms with Crippen LogP contribution in [-0.4, -0.2) is 36.9 Å². The molecule has 1 amide bonds. The number of anilines is 1. The van der Waals surface area contributed by atoms with Gasteiger partial charge in [-0.15, -0.1) is 16.4 Å². The zero-order chi connectivity index (χ0) is 20.9. The molecule has 0 aliphatic rings. The predicted molar refractivity (Wildman–Crippen MR) is 115 cm³/mol. The Morgan fingerprint density at radius 1 is 1.17 bits per heavy atom. The highest BCUT2D eigenvalue weighted by Gasteiger charge is 2.13. The summed E-state index contributed by atoms with van der Waals surface area (Å²) in [4.78, 5) is 17.5. The van der Waals surface area contributed by atoms with Gasteiger partial charge in [-0.25, -0.2) is 9.37 Å². The number of aromatic nitrogens is 5. The summed E-state index contributed by atoms with van der Waals surface area (Å²) >= 11 is 8.50. The molecule has 0 unspecified atom stereocenters. The van der Waals surface area contributed by atoms with E-state index in [0.29, 0.717) is 21.7 Å². The zero-order valence-electron chi connectivity index (χ0n) is 15.3. The lowest BCUT2D eigenvalue weighted by Gasteiger charge is -2.04. The molecular formula is C19H14ClFN6OS2. The summed E-state index contributed by atoms with van der Waals surface area (Å²) < 4.78 is 14.5. The topological polar surface area (TPSA) is 85.6 Å². The van der Waals surface area contributed by atoms with Crippen LogP contribution in [-0.2, 0) is 11.2 Å². The fourth-order valence-electron chi connectivity index (χ4n) is 2.55. The molecule has 11 heteroatoms. The minimum absolute atomic E-state index is 0.126. The summed E-state index contributed by atoms with van der Waals surface area (Å²) in [5.41, 5.74) is 1.72. The Bertz CT molecular complexity index is 1150. The number of halogens is 2. The monoisotopic (exact) mass is 460 g/mol. The van der Waals surface area contributed by atoms with Crippen molar-refractivity contribution in [2.75, 3.05) is 11.1 Å². The lowest BCUT2D eigenvalue weighted by atomic mass is 10.1. The molecule has 1 N–H and O–H groups in total. The highest BCUT2D eigenvalue weighted by Crippen LogP contribution is 2.23. The quantitative estimate of drug-likeness (QED) is 0.415. The van der Waals surface area contributed by atoms with Gasteiger partial charge in [-0.2, -0.15) is 4.68 Å². The first-order chi connectivity index (χ1) is 14.6. The Hall–Kier alpha value is -2.82. The number of hydrogen-bond acceptors (Lipinski definition) is 7. The van der Waals surface area contributed by atoms with Gasteiger partial charge in [0, 0.05) is 22.5 Å². The molecule has 0 aliphatic heterocycles. The Balaban J connectivity index is 1.33. The third kappa shape index (κ3) is 5.21. The van der Waals surface area contributed by atoms with E-state index in [1.165, 1.54) is 35.2 Å². The molecule has 4 rings (SSSR count). The van der Waals surface area contributed by atoms with Crippen molar-refractivity contribution >= 4 is 45.7 Å². The predicted octanol–water partition coefficient (Wildman–Crippen LogP) is 4.23. The molecule has 4 aromatic rings. The summed E-state index contributed by atoms with van der Waals surface area (Å²) in [7, 11) is 0. The van der Waals surface area contributed by atoms with E-state index in [4.69, 9.17) is 11.6 Å². The van der Waals surface area contributed by atoms with Crippen LogP contribution in [0.1, 0.15) is 10.4 Å². The summed E-state index contributed by atoms with van der Waals surface area (Å²) in [5.74, 6) is -0.357. The average molecular weight is 461 g/mol. The highest BCUT2D eigenvalue weighted by molar-refractivity contribution is 7.99. The fourth-order valence-corrected chi connectivity index (χ4v) is 4.23. The van der Waals surface area contributed by atoms with Crippen molar-refractivity contribution in [1.82, 2.24) is 25.2 Å². The second-order valence-corrected chi connectivity index (χ2v) is 8.62. The van der Waals surface area contributed by atoms with Crippen LogP contribution in [0.15, 0.2) is 59.9 Å². The number of amides is 1. The van der Waals surface area contributed by atoms with Gasteiger partial charge in [0.05, 0.1) is 11.4 Å². The van der Waals surface area contributed by atoms with Gasteiger partial charge in [0.2, 0.25) is 11.1 Å². The number of hydrogen-bond donors (Lipinski definition) is 1. The molecule has 2 aromatic carbocycles. The lowest BCUT2D eigenvalue weighted by molar-refractivity contribution is -0.113. The first-order valence-corrected chi connectivity index (χ1v) is 10.9. The Morgan fingerprint density at radius 2 is 1.93 bits per heavy atom. The number of benzene rings is 2. The molecule has 2 aromatic heterocycles. The first kappa shape index (κ1) is 20.5. The van der Waals surface area contributed by atoms with Crippen LogP contribution < -0.4 is 5.32 Å². The van der Waals surface area contributed by atoms with E-state index in [-0.39, 0.29) is 17.5 Å². The molecule has 0 atom stereocenters. The first-order valence-electron chi connectivity index (χ1n) is 8.73. The van der Waals surface area contributed by atoms with Gasteiger partial charge in [0.25, 0.3) is 0 Å². The van der Waals surface area contributed by atoms with Gasteiger partial charge in [0.15, 0.2) is 5.13 Å². The second-order valence-electron chi connectivity index (χ2n) is 6.12. The van der Waals surface area contributed by atoms with Crippen LogP contribution in [0, 0.1) is 5.82 Å². The number of tetrazole rings is 1. The number of nitrogens with zero attached hydrogens (tertiary/aromatic N) is 5. The maximum Gasteiger partial charge on any atom is 0.236 e. The van der Waals surface area contributed by atoms with E-state index in [1.807, 2.05) is 0 Å². The van der Waals surface area contributed by atoms with E-state index in [0.717, 1.165) is 16.1 Å². The largest absolute Gasteiger partial charge is 0.301 e. The van der Waals surface area contributed by atoms with E-state index >= 15 is 0 Å². The van der Waals surface area contributed by atoms with Crippen LogP contribution in [0.3, 0.4) is 0 Å². The van der Waals surface area contributed by atoms with E-state index in [9.17, 15) is 9.18 Å². The highest BCUT2D eigenvalue weighted by atomic mass is 35.5. The molecule has 0 fully saturated rings. The lowest BCUT2D eigenvalue weighted by Crippen LogP contribution is -2.14. The van der Waals surface area contributed by atoms with E-state index in [2.05, 4.69) is 25.8 Å². The molecule has 30 heavy (non-hydrogen) atoms. The van der Waals surface area contributed by atoms with E-state index < -0.39 is 0 Å². The SMILES string of the molecule is O=C(CSc1nnnn1-c1ccc(Cl)cc1)Nc1ncc(Cc2ccc(F)cc2)s1. The number of thioether (sulfide) groups is 1. The zero-order valence-corrected chi connectivity index (χ0v) is 17.7. The van der Waals surface area contributed by atoms with Crippen molar-refractivity contribution in [3.63, 3.8) is 0 Å². The van der Waals surface area contributed by atoms with Gasteiger partial charge in [-0.3, -0.25) is 4.79 Å². The molecule has 0 saturated heterocycles. The Morgan fingerprint density at radius 3 is 2.70 bits per heavy atom. The van der Waals surface area contributed by atoms with Gasteiger partial charge in [0.1, 0.15) is 5.82 Å². The number of nitrogens with one attached hydrogen (secondary N) is 1. The summed E-state index contributed by atoms with van der Waals surface area (Å²) in [6, 6.07) is 13.4. The van der Waals surface area contributed by atoms with Crippen LogP contribution in [0.25, 0.3) is 5.69 Å². The van der Waals surface area contributed by atoms with Crippen molar-refractivity contribution in [2.45, 2.75) is 11.6 Å². The molecule has 2 heterocycles. The number of carbonyl (C=O) groups is 1. The molecule has 0 saturated carbocycles. The van der Waals surface area contributed by atoms with Crippen LogP contribution in [0.2, 0.25) is 5.02 Å². The van der Waals surface area contributed by atoms with Gasteiger partial charge >= 0.3 is 0 Å². The number of thiazole rings is 1. The molecular weight excluding hydrogens is 447 g/mol. The molecule has 0 bridgehead atoms. The fraction of sp³-hybridized carbons (Fsp3) is 0.105. The second kappa shape index (κ2) is 9.33. The standard InChI is InChI=1S/C19H14ClFN6OS2/c20-13-3-7-15(8-4-13)27-19(24-25-26-27)29-11-17(28)23-18-22-10-16(30-18)9-12-1-5-14(21)6-2-12/h1-8,10H,9,11H2,(H,22,23,28). The van der Waals surface area contributed by atoms with Crippen molar-refractivity contribution in [1.29, 1.82) is 0 Å². The van der Waals surface area contributed by atoms with Gasteiger partial charge < -0.3 is 5.32 Å². The number of rotatable bonds is 7. The molecule has 0 radical (unpaired) electrons. The maximum atomic E-state index is 13.0. The van der Waals surface area contributed by atoms with E-state index in [1.54, 1.807) is 47.3 Å². The Labute approximate surface area is 184 Å². The molecule has 7 nitrogen and oxygen atoms in total. The smallest absolute Gasteiger partial charge is 0.236 e. The molecule has 0 spiro atoms. The normalized spacial score (nSPS) is 10.9. The van der Waals surface area contributed by atoms with Crippen molar-refractivity contribution in [2.24, 2.45) is 0 Å². The van der Waals surface area contributed by atoms with Crippen LogP contribution in [0.4, 0.5) is 9.52 Å². The van der Waals surface area contributed by atoms with Crippen molar-refractivity contribution < 1.29 is 9.18 Å². The van der Waals surface area contributed by atoms with Crippen LogP contribution in [0.5, 0.6) is 0 Å². The Kier molecular flexibility index (Phi) is 6.36.